The van der Waals surface area contributed by atoms with E-state index in [-0.39, 0.29) is 6.04 Å². The lowest BCUT2D eigenvalue weighted by Gasteiger charge is -2.21. The molecule has 154 valence electrons. The second-order valence-electron chi connectivity index (χ2n) is 7.22. The number of ether oxygens (including phenoxy) is 1. The molecule has 0 spiro atoms. The molecule has 2 aromatic heterocycles. The molecule has 3 heterocycles. The number of nitrogens with one attached hydrogen (secondary N) is 1. The molecule has 1 atom stereocenters. The zero-order valence-corrected chi connectivity index (χ0v) is 16.9. The zero-order valence-electron chi connectivity index (χ0n) is 16.9. The van der Waals surface area contributed by atoms with Crippen LogP contribution in [0.5, 0.6) is 0 Å². The van der Waals surface area contributed by atoms with Gasteiger partial charge < -0.3 is 14.6 Å². The average Bonchev–Trinajstić information content (AvgIpc) is 3.44. The van der Waals surface area contributed by atoms with Crippen LogP contribution in [0.15, 0.2) is 47.1 Å². The topological polar surface area (TPSA) is 100 Å². The van der Waals surface area contributed by atoms with Crippen LogP contribution in [0.2, 0.25) is 0 Å². The molecular formula is C22H24N6O2. The molecule has 0 bridgehead atoms. The molecule has 8 heteroatoms. The fourth-order valence-electron chi connectivity index (χ4n) is 3.75. The van der Waals surface area contributed by atoms with Crippen molar-refractivity contribution in [3.8, 4) is 17.5 Å². The molecule has 1 aromatic carbocycles. The van der Waals surface area contributed by atoms with Crippen LogP contribution in [0.1, 0.15) is 35.9 Å². The third-order valence-electron chi connectivity index (χ3n) is 5.18. The highest BCUT2D eigenvalue weighted by atomic mass is 16.5. The summed E-state index contributed by atoms with van der Waals surface area (Å²) < 4.78 is 10.8. The minimum Gasteiger partial charge on any atom is -0.383 e. The lowest BCUT2D eigenvalue weighted by molar-refractivity contribution is 0.201. The summed E-state index contributed by atoms with van der Waals surface area (Å²) in [6.07, 6.45) is 3.76. The molecule has 0 saturated carbocycles. The van der Waals surface area contributed by atoms with E-state index >= 15 is 0 Å². The standard InChI is InChI=1S/C22H24N6O2/c1-29-12-10-25-20-18(7-3-9-24-20)21-26-22(30-27-21)19-8-4-11-28(19)15-17-6-2-5-16(13-17)14-23/h2-3,5-7,9,13,19H,4,8,10-12,15H2,1H3,(H,24,25). The number of hydrogen-bond acceptors (Lipinski definition) is 8. The number of methoxy groups -OCH3 is 1. The Balaban J connectivity index is 1.51. The van der Waals surface area contributed by atoms with Crippen molar-refractivity contribution in [2.75, 3.05) is 32.1 Å². The van der Waals surface area contributed by atoms with Gasteiger partial charge in [0.2, 0.25) is 11.7 Å². The van der Waals surface area contributed by atoms with Crippen LogP contribution in [0.3, 0.4) is 0 Å². The molecule has 0 aliphatic carbocycles. The van der Waals surface area contributed by atoms with Crippen LogP contribution < -0.4 is 5.32 Å². The van der Waals surface area contributed by atoms with E-state index in [4.69, 9.17) is 19.5 Å². The Hall–Kier alpha value is -3.28. The number of anilines is 1. The van der Waals surface area contributed by atoms with Gasteiger partial charge in [0.1, 0.15) is 5.82 Å². The van der Waals surface area contributed by atoms with E-state index < -0.39 is 0 Å². The Morgan fingerprint density at radius 1 is 1.33 bits per heavy atom. The number of aromatic nitrogens is 3. The maximum atomic E-state index is 9.14. The van der Waals surface area contributed by atoms with Crippen molar-refractivity contribution >= 4 is 5.82 Å². The minimum atomic E-state index is 0.0681. The van der Waals surface area contributed by atoms with Crippen LogP contribution in [-0.4, -0.2) is 46.8 Å². The van der Waals surface area contributed by atoms with Crippen molar-refractivity contribution in [3.63, 3.8) is 0 Å². The quantitative estimate of drug-likeness (QED) is 0.570. The zero-order chi connectivity index (χ0) is 20.8. The Labute approximate surface area is 175 Å². The number of benzene rings is 1. The highest BCUT2D eigenvalue weighted by Crippen LogP contribution is 2.34. The Morgan fingerprint density at radius 3 is 3.13 bits per heavy atom. The third kappa shape index (κ3) is 4.48. The summed E-state index contributed by atoms with van der Waals surface area (Å²) in [6, 6.07) is 13.8. The molecule has 0 radical (unpaired) electrons. The van der Waals surface area contributed by atoms with Gasteiger partial charge in [-0.05, 0) is 49.2 Å². The van der Waals surface area contributed by atoms with E-state index in [1.54, 1.807) is 13.3 Å². The van der Waals surface area contributed by atoms with Gasteiger partial charge in [0.25, 0.3) is 0 Å². The van der Waals surface area contributed by atoms with E-state index in [2.05, 4.69) is 26.4 Å². The first-order chi connectivity index (χ1) is 14.8. The van der Waals surface area contributed by atoms with Crippen LogP contribution in [0, 0.1) is 11.3 Å². The van der Waals surface area contributed by atoms with E-state index in [0.717, 1.165) is 37.1 Å². The van der Waals surface area contributed by atoms with Crippen LogP contribution in [0.4, 0.5) is 5.82 Å². The van der Waals surface area contributed by atoms with Crippen molar-refractivity contribution in [2.24, 2.45) is 0 Å². The van der Waals surface area contributed by atoms with Gasteiger partial charge >= 0.3 is 0 Å². The number of pyridine rings is 1. The Morgan fingerprint density at radius 2 is 2.27 bits per heavy atom. The number of nitrogens with zero attached hydrogens (tertiary/aromatic N) is 5. The molecule has 1 fully saturated rings. The summed E-state index contributed by atoms with van der Waals surface area (Å²) in [5.74, 6) is 1.85. The van der Waals surface area contributed by atoms with Crippen LogP contribution in [-0.2, 0) is 11.3 Å². The highest BCUT2D eigenvalue weighted by molar-refractivity contribution is 5.69. The van der Waals surface area contributed by atoms with Crippen molar-refractivity contribution in [1.29, 1.82) is 5.26 Å². The van der Waals surface area contributed by atoms with E-state index in [9.17, 15) is 0 Å². The van der Waals surface area contributed by atoms with E-state index in [1.165, 1.54) is 0 Å². The van der Waals surface area contributed by atoms with Crippen molar-refractivity contribution in [3.05, 3.63) is 59.6 Å². The summed E-state index contributed by atoms with van der Waals surface area (Å²) in [7, 11) is 1.66. The molecule has 0 amide bonds. The normalized spacial score (nSPS) is 16.5. The second kappa shape index (κ2) is 9.48. The largest absolute Gasteiger partial charge is 0.383 e. The number of hydrogen-bond donors (Lipinski definition) is 1. The maximum Gasteiger partial charge on any atom is 0.244 e. The third-order valence-corrected chi connectivity index (χ3v) is 5.18. The molecule has 1 N–H and O–H groups in total. The van der Waals surface area contributed by atoms with Gasteiger partial charge in [0.15, 0.2) is 0 Å². The number of rotatable bonds is 8. The Kier molecular flexibility index (Phi) is 6.32. The number of nitriles is 1. The van der Waals surface area contributed by atoms with Gasteiger partial charge in [0.05, 0.1) is 29.8 Å². The molecule has 1 saturated heterocycles. The van der Waals surface area contributed by atoms with Gasteiger partial charge in [-0.1, -0.05) is 17.3 Å². The van der Waals surface area contributed by atoms with Gasteiger partial charge in [-0.2, -0.15) is 10.2 Å². The lowest BCUT2D eigenvalue weighted by atomic mass is 10.1. The highest BCUT2D eigenvalue weighted by Gasteiger charge is 2.31. The van der Waals surface area contributed by atoms with E-state index in [1.807, 2.05) is 36.4 Å². The van der Waals surface area contributed by atoms with Crippen molar-refractivity contribution in [2.45, 2.75) is 25.4 Å². The van der Waals surface area contributed by atoms with Crippen molar-refractivity contribution in [1.82, 2.24) is 20.0 Å². The molecule has 30 heavy (non-hydrogen) atoms. The smallest absolute Gasteiger partial charge is 0.244 e. The fourth-order valence-corrected chi connectivity index (χ4v) is 3.75. The summed E-state index contributed by atoms with van der Waals surface area (Å²) in [5.41, 5.74) is 2.58. The molecular weight excluding hydrogens is 380 g/mol. The van der Waals surface area contributed by atoms with Gasteiger partial charge in [-0.3, -0.25) is 4.90 Å². The average molecular weight is 404 g/mol. The summed E-state index contributed by atoms with van der Waals surface area (Å²) in [4.78, 5) is 11.4. The first-order valence-electron chi connectivity index (χ1n) is 10.0. The van der Waals surface area contributed by atoms with Crippen LogP contribution in [0.25, 0.3) is 11.4 Å². The van der Waals surface area contributed by atoms with Gasteiger partial charge in [-0.15, -0.1) is 0 Å². The van der Waals surface area contributed by atoms with Crippen molar-refractivity contribution < 1.29 is 9.26 Å². The van der Waals surface area contributed by atoms with Crippen LogP contribution >= 0.6 is 0 Å². The predicted molar refractivity (Wildman–Crippen MR) is 111 cm³/mol. The second-order valence-corrected chi connectivity index (χ2v) is 7.22. The van der Waals surface area contributed by atoms with Gasteiger partial charge in [-0.25, -0.2) is 4.98 Å². The molecule has 1 aliphatic rings. The first-order valence-corrected chi connectivity index (χ1v) is 10.0. The lowest BCUT2D eigenvalue weighted by Crippen LogP contribution is -2.23. The SMILES string of the molecule is COCCNc1ncccc1-c1noc(C2CCCN2Cc2cccc(C#N)c2)n1. The molecule has 3 aromatic rings. The summed E-state index contributed by atoms with van der Waals surface area (Å²) in [5, 5.41) is 16.6. The van der Waals surface area contributed by atoms with E-state index in [0.29, 0.717) is 36.2 Å². The first kappa shape index (κ1) is 20.0. The summed E-state index contributed by atoms with van der Waals surface area (Å²) in [6.45, 7) is 2.92. The Bertz CT molecular complexity index is 1030. The molecule has 8 nitrogen and oxygen atoms in total. The van der Waals surface area contributed by atoms with Gasteiger partial charge in [0, 0.05) is 26.4 Å². The number of likely N-dealkylation sites (tertiary alicyclic amines) is 1. The minimum absolute atomic E-state index is 0.0681. The molecule has 1 unspecified atom stereocenters. The monoisotopic (exact) mass is 404 g/mol. The molecule has 4 rings (SSSR count). The predicted octanol–water partition coefficient (Wildman–Crippen LogP) is 3.40. The fraction of sp³-hybridized carbons (Fsp3) is 0.364. The maximum absolute atomic E-state index is 9.14. The summed E-state index contributed by atoms with van der Waals surface area (Å²) >= 11 is 0. The molecule has 1 aliphatic heterocycles.